The van der Waals surface area contributed by atoms with Crippen LogP contribution in [0.1, 0.15) is 57.5 Å². The lowest BCUT2D eigenvalue weighted by Crippen LogP contribution is -2.41. The van der Waals surface area contributed by atoms with Crippen LogP contribution in [0.2, 0.25) is 0 Å². The fraction of sp³-hybridized carbons (Fsp3) is 0.333. The van der Waals surface area contributed by atoms with E-state index < -0.39 is 11.6 Å². The van der Waals surface area contributed by atoms with Gasteiger partial charge in [0, 0.05) is 17.2 Å². The van der Waals surface area contributed by atoms with Crippen LogP contribution in [0.15, 0.2) is 54.6 Å². The van der Waals surface area contributed by atoms with Crippen LogP contribution >= 0.6 is 0 Å². The zero-order valence-corrected chi connectivity index (χ0v) is 20.3. The monoisotopic (exact) mass is 448 g/mol. The molecule has 3 aromatic rings. The van der Waals surface area contributed by atoms with Crippen LogP contribution in [0.25, 0.3) is 10.8 Å². The van der Waals surface area contributed by atoms with E-state index in [0.717, 1.165) is 16.3 Å². The Bertz CT molecular complexity index is 1190. The van der Waals surface area contributed by atoms with Gasteiger partial charge >= 0.3 is 6.09 Å². The molecule has 0 saturated heterocycles. The fourth-order valence-electron chi connectivity index (χ4n) is 3.51. The van der Waals surface area contributed by atoms with Gasteiger partial charge in [-0.1, -0.05) is 51.1 Å². The maximum absolute atomic E-state index is 13.1. The standard InChI is InChI=1S/C27H32N2O4/c1-26(2,3)21-15-20(24(30)29-27(4,5)6)22(16-23(21)32-7)28-25(31)33-19-13-12-17-10-8-9-11-18(17)14-19/h8-16H,1-7H3,(H,28,31)(H,29,30). The molecule has 0 saturated carbocycles. The summed E-state index contributed by atoms with van der Waals surface area (Å²) in [7, 11) is 1.57. The Balaban J connectivity index is 1.95. The lowest BCUT2D eigenvalue weighted by atomic mass is 9.84. The number of fused-ring (bicyclic) bond motifs is 1. The van der Waals surface area contributed by atoms with Crippen molar-refractivity contribution in [2.45, 2.75) is 52.5 Å². The zero-order chi connectivity index (χ0) is 24.4. The van der Waals surface area contributed by atoms with Crippen LogP contribution in [0, 0.1) is 0 Å². The molecule has 2 amide bonds. The highest BCUT2D eigenvalue weighted by molar-refractivity contribution is 6.04. The molecule has 174 valence electrons. The summed E-state index contributed by atoms with van der Waals surface area (Å²) in [5.41, 5.74) is 0.796. The van der Waals surface area contributed by atoms with Crippen molar-refractivity contribution in [3.8, 4) is 11.5 Å². The molecule has 0 fully saturated rings. The molecule has 3 aromatic carbocycles. The van der Waals surface area contributed by atoms with E-state index in [9.17, 15) is 9.59 Å². The first-order valence-corrected chi connectivity index (χ1v) is 10.9. The van der Waals surface area contributed by atoms with Gasteiger partial charge < -0.3 is 14.8 Å². The summed E-state index contributed by atoms with van der Waals surface area (Å²) in [6.45, 7) is 11.8. The van der Waals surface area contributed by atoms with Gasteiger partial charge in [-0.2, -0.15) is 0 Å². The summed E-state index contributed by atoms with van der Waals surface area (Å²) >= 11 is 0. The first-order chi connectivity index (χ1) is 15.4. The largest absolute Gasteiger partial charge is 0.496 e. The molecule has 0 unspecified atom stereocenters. The zero-order valence-electron chi connectivity index (χ0n) is 20.3. The normalized spacial score (nSPS) is 11.7. The van der Waals surface area contributed by atoms with Gasteiger partial charge in [0.2, 0.25) is 0 Å². The third-order valence-electron chi connectivity index (χ3n) is 5.05. The summed E-state index contributed by atoms with van der Waals surface area (Å²) in [6.07, 6.45) is -0.694. The van der Waals surface area contributed by atoms with Crippen molar-refractivity contribution < 1.29 is 19.1 Å². The molecule has 0 heterocycles. The number of amides is 2. The maximum Gasteiger partial charge on any atom is 0.417 e. The van der Waals surface area contributed by atoms with Crippen LogP contribution in [-0.4, -0.2) is 24.6 Å². The Kier molecular flexibility index (Phi) is 6.68. The van der Waals surface area contributed by atoms with Gasteiger partial charge in [0.25, 0.3) is 5.91 Å². The third kappa shape index (κ3) is 6.04. The van der Waals surface area contributed by atoms with Crippen molar-refractivity contribution in [1.29, 1.82) is 0 Å². The quantitative estimate of drug-likeness (QED) is 0.492. The molecule has 2 N–H and O–H groups in total. The van der Waals surface area contributed by atoms with Crippen molar-refractivity contribution in [2.75, 3.05) is 12.4 Å². The maximum atomic E-state index is 13.1. The number of methoxy groups -OCH3 is 1. The van der Waals surface area contributed by atoms with Crippen LogP contribution < -0.4 is 20.1 Å². The van der Waals surface area contributed by atoms with E-state index >= 15 is 0 Å². The summed E-state index contributed by atoms with van der Waals surface area (Å²) in [4.78, 5) is 25.9. The van der Waals surface area contributed by atoms with Crippen molar-refractivity contribution in [2.24, 2.45) is 0 Å². The van der Waals surface area contributed by atoms with Crippen molar-refractivity contribution >= 4 is 28.5 Å². The van der Waals surface area contributed by atoms with E-state index in [1.54, 1.807) is 31.4 Å². The molecule has 0 aromatic heterocycles. The van der Waals surface area contributed by atoms with E-state index in [1.165, 1.54) is 0 Å². The minimum Gasteiger partial charge on any atom is -0.496 e. The molecule has 0 aliphatic rings. The highest BCUT2D eigenvalue weighted by Crippen LogP contribution is 2.36. The average Bonchev–Trinajstić information content (AvgIpc) is 2.71. The van der Waals surface area contributed by atoms with Gasteiger partial charge in [-0.05, 0) is 55.2 Å². The summed E-state index contributed by atoms with van der Waals surface area (Å²) in [5, 5.41) is 7.70. The second kappa shape index (κ2) is 9.14. The molecule has 0 atom stereocenters. The van der Waals surface area contributed by atoms with Gasteiger partial charge in [0.15, 0.2) is 0 Å². The van der Waals surface area contributed by atoms with E-state index in [-0.39, 0.29) is 11.3 Å². The second-order valence-corrected chi connectivity index (χ2v) is 10.1. The third-order valence-corrected chi connectivity index (χ3v) is 5.05. The number of hydrogen-bond acceptors (Lipinski definition) is 4. The molecule has 0 bridgehead atoms. The number of nitrogens with one attached hydrogen (secondary N) is 2. The van der Waals surface area contributed by atoms with Gasteiger partial charge in [0.1, 0.15) is 11.5 Å². The molecule has 0 spiro atoms. The Morgan fingerprint density at radius 1 is 0.848 bits per heavy atom. The summed E-state index contributed by atoms with van der Waals surface area (Å²) in [6, 6.07) is 16.7. The Morgan fingerprint density at radius 2 is 1.52 bits per heavy atom. The van der Waals surface area contributed by atoms with E-state index in [2.05, 4.69) is 10.6 Å². The summed E-state index contributed by atoms with van der Waals surface area (Å²) < 4.78 is 11.1. The Hall–Kier alpha value is -3.54. The van der Waals surface area contributed by atoms with Crippen LogP contribution in [0.5, 0.6) is 11.5 Å². The predicted octanol–water partition coefficient (Wildman–Crippen LogP) is 6.29. The first kappa shape index (κ1) is 24.1. The number of ether oxygens (including phenoxy) is 2. The molecular formula is C27H32N2O4. The van der Waals surface area contributed by atoms with Crippen LogP contribution in [0.3, 0.4) is 0 Å². The van der Waals surface area contributed by atoms with E-state index in [0.29, 0.717) is 22.7 Å². The number of rotatable bonds is 4. The molecule has 0 radical (unpaired) electrons. The van der Waals surface area contributed by atoms with Crippen LogP contribution in [0.4, 0.5) is 10.5 Å². The summed E-state index contributed by atoms with van der Waals surface area (Å²) in [5.74, 6) is 0.692. The van der Waals surface area contributed by atoms with Gasteiger partial charge in [-0.3, -0.25) is 10.1 Å². The molecule has 33 heavy (non-hydrogen) atoms. The average molecular weight is 449 g/mol. The topological polar surface area (TPSA) is 76.7 Å². The predicted molar refractivity (Wildman–Crippen MR) is 133 cm³/mol. The number of carbonyl (C=O) groups excluding carboxylic acids is 2. The lowest BCUT2D eigenvalue weighted by molar-refractivity contribution is 0.0920. The SMILES string of the molecule is COc1cc(NC(=O)Oc2ccc3ccccc3c2)c(C(=O)NC(C)(C)C)cc1C(C)(C)C. The van der Waals surface area contributed by atoms with Gasteiger partial charge in [0.05, 0.1) is 18.4 Å². The van der Waals surface area contributed by atoms with Crippen molar-refractivity contribution in [3.63, 3.8) is 0 Å². The molecule has 3 rings (SSSR count). The smallest absolute Gasteiger partial charge is 0.417 e. The number of hydrogen-bond donors (Lipinski definition) is 2. The molecular weight excluding hydrogens is 416 g/mol. The molecule has 6 nitrogen and oxygen atoms in total. The molecule has 0 aliphatic heterocycles. The second-order valence-electron chi connectivity index (χ2n) is 10.1. The lowest BCUT2D eigenvalue weighted by Gasteiger charge is -2.26. The van der Waals surface area contributed by atoms with E-state index in [1.807, 2.05) is 71.9 Å². The molecule has 0 aliphatic carbocycles. The number of anilines is 1. The highest BCUT2D eigenvalue weighted by atomic mass is 16.6. The fourth-order valence-corrected chi connectivity index (χ4v) is 3.51. The number of benzene rings is 3. The Morgan fingerprint density at radius 3 is 2.12 bits per heavy atom. The van der Waals surface area contributed by atoms with Gasteiger partial charge in [-0.15, -0.1) is 0 Å². The van der Waals surface area contributed by atoms with Gasteiger partial charge in [-0.25, -0.2) is 4.79 Å². The number of carbonyl (C=O) groups is 2. The highest BCUT2D eigenvalue weighted by Gasteiger charge is 2.26. The minimum atomic E-state index is -0.694. The Labute approximate surface area is 195 Å². The first-order valence-electron chi connectivity index (χ1n) is 10.9. The van der Waals surface area contributed by atoms with E-state index in [4.69, 9.17) is 9.47 Å². The minimum absolute atomic E-state index is 0.272. The van der Waals surface area contributed by atoms with Crippen molar-refractivity contribution in [1.82, 2.24) is 5.32 Å². The molecule has 6 heteroatoms. The van der Waals surface area contributed by atoms with Crippen molar-refractivity contribution in [3.05, 3.63) is 65.7 Å². The van der Waals surface area contributed by atoms with Crippen LogP contribution in [-0.2, 0) is 5.41 Å².